The average Bonchev–Trinajstić information content (AvgIpc) is 3.51. The number of hydrogen-bond donors (Lipinski definition) is 8. The predicted octanol–water partition coefficient (Wildman–Crippen LogP) is 2.72. The van der Waals surface area contributed by atoms with E-state index in [1.54, 1.807) is 6.92 Å². The molecule has 21 atom stereocenters. The maximum atomic E-state index is 12.3. The van der Waals surface area contributed by atoms with E-state index in [0.29, 0.717) is 32.1 Å². The van der Waals surface area contributed by atoms with Gasteiger partial charge < -0.3 is 64.5 Å². The topological polar surface area (TPSA) is 225 Å². The van der Waals surface area contributed by atoms with Crippen LogP contribution < -0.4 is 0 Å². The molecule has 334 valence electrons. The molecule has 14 nitrogen and oxygen atoms in total. The van der Waals surface area contributed by atoms with Gasteiger partial charge in [0, 0.05) is 6.92 Å². The molecule has 58 heavy (non-hydrogen) atoms. The molecule has 8 N–H and O–H groups in total. The van der Waals surface area contributed by atoms with Crippen LogP contribution in [0.5, 0.6) is 0 Å². The number of carbonyl (C=O) groups is 1. The number of ether oxygens (including phenoxy) is 5. The van der Waals surface area contributed by atoms with E-state index in [4.69, 9.17) is 23.7 Å². The molecule has 2 saturated heterocycles. The summed E-state index contributed by atoms with van der Waals surface area (Å²) in [4.78, 5) is 11.7. The highest BCUT2D eigenvalue weighted by Crippen LogP contribution is 2.76. The zero-order valence-electron chi connectivity index (χ0n) is 36.3. The molecule has 0 spiro atoms. The van der Waals surface area contributed by atoms with Gasteiger partial charge in [0.25, 0.3) is 0 Å². The minimum Gasteiger partial charge on any atom is -0.457 e. The Bertz CT molecular complexity index is 1500. The Hall–Kier alpha value is -1.27. The Balaban J connectivity index is 1.37. The molecular weight excluding hydrogens is 752 g/mol. The summed E-state index contributed by atoms with van der Waals surface area (Å²) in [6.07, 6.45) is -9.14. The first kappa shape index (κ1) is 46.2. The van der Waals surface area contributed by atoms with Crippen LogP contribution in [0.1, 0.15) is 121 Å². The molecule has 0 unspecified atom stereocenters. The fourth-order valence-electron chi connectivity index (χ4n) is 13.7. The lowest BCUT2D eigenvalue weighted by molar-refractivity contribution is -0.382. The van der Waals surface area contributed by atoms with E-state index in [1.807, 2.05) is 34.6 Å². The number of allylic oxidation sites excluding steroid dienone is 2. The Labute approximate surface area is 344 Å². The fraction of sp³-hybridized carbons (Fsp3) is 0.932. The third-order valence-corrected chi connectivity index (χ3v) is 16.7. The lowest BCUT2D eigenvalue weighted by Gasteiger charge is -2.72. The van der Waals surface area contributed by atoms with Gasteiger partial charge in [0.2, 0.25) is 0 Å². The summed E-state index contributed by atoms with van der Waals surface area (Å²) in [6, 6.07) is 0. The molecule has 0 aromatic carbocycles. The summed E-state index contributed by atoms with van der Waals surface area (Å²) >= 11 is 0. The highest BCUT2D eigenvalue weighted by Gasteiger charge is 2.73. The number of fused-ring (bicyclic) bond motifs is 5. The first-order valence-electron chi connectivity index (χ1n) is 21.7. The fourth-order valence-corrected chi connectivity index (χ4v) is 13.7. The summed E-state index contributed by atoms with van der Waals surface area (Å²) in [5.74, 6) is -1.26. The Morgan fingerprint density at radius 3 is 2.12 bits per heavy atom. The number of aliphatic hydroxyl groups is 8. The second kappa shape index (κ2) is 16.5. The van der Waals surface area contributed by atoms with Crippen LogP contribution in [-0.4, -0.2) is 139 Å². The first-order chi connectivity index (χ1) is 26.8. The van der Waals surface area contributed by atoms with E-state index in [9.17, 15) is 45.6 Å². The summed E-state index contributed by atoms with van der Waals surface area (Å²) in [6.45, 7) is 19.0. The molecule has 6 aliphatic rings. The molecule has 4 saturated carbocycles. The van der Waals surface area contributed by atoms with Crippen molar-refractivity contribution in [1.82, 2.24) is 0 Å². The number of rotatable bonds is 10. The van der Waals surface area contributed by atoms with Crippen LogP contribution in [-0.2, 0) is 28.5 Å². The second-order valence-corrected chi connectivity index (χ2v) is 20.8. The van der Waals surface area contributed by atoms with E-state index in [0.717, 1.165) is 19.3 Å². The second-order valence-electron chi connectivity index (χ2n) is 20.8. The third-order valence-electron chi connectivity index (χ3n) is 16.7. The van der Waals surface area contributed by atoms with Gasteiger partial charge in [-0.3, -0.25) is 4.79 Å². The van der Waals surface area contributed by atoms with Crippen molar-refractivity contribution in [2.75, 3.05) is 6.61 Å². The summed E-state index contributed by atoms with van der Waals surface area (Å²) < 4.78 is 30.6. The van der Waals surface area contributed by atoms with E-state index in [1.165, 1.54) is 12.5 Å². The van der Waals surface area contributed by atoms with E-state index < -0.39 is 120 Å². The molecule has 0 aromatic rings. The van der Waals surface area contributed by atoms with Crippen LogP contribution >= 0.6 is 0 Å². The van der Waals surface area contributed by atoms with Crippen LogP contribution in [0.25, 0.3) is 0 Å². The number of aliphatic hydroxyl groups excluding tert-OH is 7. The SMILES string of the molecule is CC(=O)O[C@@H]1[C@@H](O)[C@@H](O)[C@H](O[C@H]2[C@H](O[C@H]3C[C@]4(C)[C@H](C[C@@H](O)[C@@H]5[C@@H]([C@@](C)(O)CCC=C(C)C)CC[C@]54C)[C@@]4(C)CC[C@H](O)C(C)(C)[C@H]34)O[C@H](CO)[C@@H](O)[C@@H]2O)O[C@H]1C. The maximum Gasteiger partial charge on any atom is 0.303 e. The van der Waals surface area contributed by atoms with Crippen LogP contribution in [0.4, 0.5) is 0 Å². The van der Waals surface area contributed by atoms with Gasteiger partial charge in [0.1, 0.15) is 36.6 Å². The minimum atomic E-state index is -1.73. The van der Waals surface area contributed by atoms with Crippen molar-refractivity contribution < 1.29 is 69.3 Å². The number of hydrogen-bond acceptors (Lipinski definition) is 14. The first-order valence-corrected chi connectivity index (χ1v) is 21.7. The van der Waals surface area contributed by atoms with Crippen molar-refractivity contribution in [2.24, 2.45) is 45.3 Å². The molecule has 4 aliphatic carbocycles. The van der Waals surface area contributed by atoms with Gasteiger partial charge in [-0.1, -0.05) is 46.3 Å². The van der Waals surface area contributed by atoms with E-state index >= 15 is 0 Å². The van der Waals surface area contributed by atoms with E-state index in [2.05, 4.69) is 26.8 Å². The van der Waals surface area contributed by atoms with Crippen LogP contribution in [0, 0.1) is 45.3 Å². The smallest absolute Gasteiger partial charge is 0.303 e. The van der Waals surface area contributed by atoms with Crippen molar-refractivity contribution in [2.45, 2.75) is 206 Å². The van der Waals surface area contributed by atoms with Crippen molar-refractivity contribution in [3.8, 4) is 0 Å². The molecule has 6 fully saturated rings. The Morgan fingerprint density at radius 1 is 0.845 bits per heavy atom. The van der Waals surface area contributed by atoms with Gasteiger partial charge in [-0.25, -0.2) is 0 Å². The van der Waals surface area contributed by atoms with Gasteiger partial charge in [-0.15, -0.1) is 0 Å². The monoisotopic (exact) mass is 827 g/mol. The molecule has 2 aliphatic heterocycles. The normalized spacial score (nSPS) is 51.1. The standard InChI is InChI=1S/C44H74O14/c1-21(2)12-11-15-44(10,53)24-13-17-42(8)30(24)25(47)18-28-41(7)16-14-29(48)40(5,6)37(41)26(19-43(28,42)9)56-39-36(32(50)31(49)27(20-45)57-39)58-38-34(52)33(51)35(22(3)54-38)55-23(4)46/h12,22,24-39,45,47-53H,11,13-20H2,1-10H3/t22-,24-,25+,26-,27+,28+,29-,30-,31+,32-,33-,34+,35-,36+,37-,38-,39+,41+,42+,43+,44-/m0/s1. The van der Waals surface area contributed by atoms with Crippen molar-refractivity contribution in [3.05, 3.63) is 11.6 Å². The lowest BCUT2D eigenvalue weighted by Crippen LogP contribution is -2.71. The van der Waals surface area contributed by atoms with Gasteiger partial charge in [0.05, 0.1) is 36.6 Å². The zero-order chi connectivity index (χ0) is 43.1. The maximum absolute atomic E-state index is 12.3. The van der Waals surface area contributed by atoms with Crippen molar-refractivity contribution in [3.63, 3.8) is 0 Å². The predicted molar refractivity (Wildman–Crippen MR) is 210 cm³/mol. The largest absolute Gasteiger partial charge is 0.457 e. The van der Waals surface area contributed by atoms with E-state index in [-0.39, 0.29) is 23.7 Å². The summed E-state index contributed by atoms with van der Waals surface area (Å²) in [7, 11) is 0. The summed E-state index contributed by atoms with van der Waals surface area (Å²) in [5, 5.41) is 91.1. The van der Waals surface area contributed by atoms with Crippen LogP contribution in [0.15, 0.2) is 11.6 Å². The molecular formula is C44H74O14. The molecule has 0 radical (unpaired) electrons. The minimum absolute atomic E-state index is 0.0260. The molecule has 0 aromatic heterocycles. The Morgan fingerprint density at radius 2 is 1.50 bits per heavy atom. The quantitative estimate of drug-likeness (QED) is 0.0902. The molecule has 2 heterocycles. The highest BCUT2D eigenvalue weighted by atomic mass is 16.8. The average molecular weight is 827 g/mol. The zero-order valence-corrected chi connectivity index (χ0v) is 36.3. The molecule has 14 heteroatoms. The van der Waals surface area contributed by atoms with Crippen LogP contribution in [0.2, 0.25) is 0 Å². The van der Waals surface area contributed by atoms with Crippen LogP contribution in [0.3, 0.4) is 0 Å². The number of carbonyl (C=O) groups excluding carboxylic acids is 1. The van der Waals surface area contributed by atoms with Gasteiger partial charge in [0.15, 0.2) is 18.7 Å². The lowest BCUT2D eigenvalue weighted by atomic mass is 9.34. The van der Waals surface area contributed by atoms with Gasteiger partial charge in [-0.05, 0) is 124 Å². The summed E-state index contributed by atoms with van der Waals surface area (Å²) in [5.41, 5.74) is -1.80. The van der Waals surface area contributed by atoms with Crippen molar-refractivity contribution in [1.29, 1.82) is 0 Å². The Kier molecular flexibility index (Phi) is 13.1. The molecule has 0 bridgehead atoms. The highest BCUT2D eigenvalue weighted by molar-refractivity contribution is 5.66. The number of esters is 1. The van der Waals surface area contributed by atoms with Gasteiger partial charge in [-0.2, -0.15) is 0 Å². The molecule has 0 amide bonds. The third kappa shape index (κ3) is 7.65. The van der Waals surface area contributed by atoms with Gasteiger partial charge >= 0.3 is 5.97 Å². The van der Waals surface area contributed by atoms with Crippen molar-refractivity contribution >= 4 is 5.97 Å². The molecule has 6 rings (SSSR count).